The third kappa shape index (κ3) is 2.89. The van der Waals surface area contributed by atoms with Crippen LogP contribution in [0.4, 0.5) is 5.13 Å². The number of aromatic nitrogens is 2. The van der Waals surface area contributed by atoms with Gasteiger partial charge in [0.15, 0.2) is 5.01 Å². The maximum absolute atomic E-state index is 11.7. The second-order valence-corrected chi connectivity index (χ2v) is 5.61. The Bertz CT molecular complexity index is 493. The Labute approximate surface area is 108 Å². The molecule has 1 atom stereocenters. The molecule has 2 heterocycles. The lowest BCUT2D eigenvalue weighted by Crippen LogP contribution is -2.19. The molecule has 17 heavy (non-hydrogen) atoms. The summed E-state index contributed by atoms with van der Waals surface area (Å²) in [6, 6.07) is 3.96. The summed E-state index contributed by atoms with van der Waals surface area (Å²) in [7, 11) is 0. The van der Waals surface area contributed by atoms with E-state index in [0.717, 1.165) is 16.3 Å². The highest BCUT2D eigenvalue weighted by molar-refractivity contribution is 7.23. The number of hydrogen-bond donors (Lipinski definition) is 1. The van der Waals surface area contributed by atoms with Crippen LogP contribution < -0.4 is 5.32 Å². The molecular formula is C11H13N3OS2. The van der Waals surface area contributed by atoms with Gasteiger partial charge < -0.3 is 5.32 Å². The minimum Gasteiger partial charge on any atom is -0.300 e. The molecule has 0 bridgehead atoms. The first kappa shape index (κ1) is 12.2. The zero-order valence-corrected chi connectivity index (χ0v) is 11.3. The minimum absolute atomic E-state index is 0.00128. The Morgan fingerprint density at radius 2 is 2.35 bits per heavy atom. The van der Waals surface area contributed by atoms with Crippen molar-refractivity contribution in [3.8, 4) is 9.88 Å². The highest BCUT2D eigenvalue weighted by Gasteiger charge is 2.14. The number of hydrogen-bond acceptors (Lipinski definition) is 5. The van der Waals surface area contributed by atoms with E-state index in [1.165, 1.54) is 11.3 Å². The Balaban J connectivity index is 2.07. The quantitative estimate of drug-likeness (QED) is 0.925. The van der Waals surface area contributed by atoms with Gasteiger partial charge in [0.2, 0.25) is 11.0 Å². The van der Waals surface area contributed by atoms with Crippen molar-refractivity contribution in [1.82, 2.24) is 10.2 Å². The van der Waals surface area contributed by atoms with Gasteiger partial charge in [0.25, 0.3) is 0 Å². The molecule has 2 aromatic heterocycles. The van der Waals surface area contributed by atoms with E-state index in [2.05, 4.69) is 15.5 Å². The van der Waals surface area contributed by atoms with Gasteiger partial charge in [-0.1, -0.05) is 31.3 Å². The van der Waals surface area contributed by atoms with Gasteiger partial charge in [0, 0.05) is 5.92 Å². The summed E-state index contributed by atoms with van der Waals surface area (Å²) in [4.78, 5) is 12.7. The third-order valence-electron chi connectivity index (χ3n) is 2.45. The molecule has 0 aliphatic heterocycles. The molecule has 2 aromatic rings. The normalized spacial score (nSPS) is 12.4. The highest BCUT2D eigenvalue weighted by Crippen LogP contribution is 2.29. The summed E-state index contributed by atoms with van der Waals surface area (Å²) < 4.78 is 0. The standard InChI is InChI=1S/C11H13N3OS2/c1-3-7(2)9(15)12-11-14-13-10(17-11)8-5-4-6-16-8/h4-7H,3H2,1-2H3,(H,12,14,15)/t7-/m0/s1. The maximum Gasteiger partial charge on any atom is 0.229 e. The van der Waals surface area contributed by atoms with Crippen LogP contribution in [0.2, 0.25) is 0 Å². The molecule has 1 amide bonds. The zero-order valence-electron chi connectivity index (χ0n) is 9.64. The molecule has 4 nitrogen and oxygen atoms in total. The summed E-state index contributed by atoms with van der Waals surface area (Å²) in [5.41, 5.74) is 0. The average molecular weight is 267 g/mol. The number of carbonyl (C=O) groups excluding carboxylic acids is 1. The predicted octanol–water partition coefficient (Wildman–Crippen LogP) is 3.25. The smallest absolute Gasteiger partial charge is 0.229 e. The van der Waals surface area contributed by atoms with Crippen molar-refractivity contribution in [2.24, 2.45) is 5.92 Å². The van der Waals surface area contributed by atoms with E-state index in [9.17, 15) is 4.79 Å². The van der Waals surface area contributed by atoms with Crippen molar-refractivity contribution in [2.45, 2.75) is 20.3 Å². The van der Waals surface area contributed by atoms with Crippen LogP contribution in [-0.4, -0.2) is 16.1 Å². The molecule has 0 fully saturated rings. The van der Waals surface area contributed by atoms with Crippen LogP contribution in [0.25, 0.3) is 9.88 Å². The van der Waals surface area contributed by atoms with E-state index in [0.29, 0.717) is 5.13 Å². The van der Waals surface area contributed by atoms with Gasteiger partial charge in [-0.25, -0.2) is 0 Å². The molecule has 0 aromatic carbocycles. The van der Waals surface area contributed by atoms with Crippen LogP contribution in [0.15, 0.2) is 17.5 Å². The molecule has 0 saturated carbocycles. The fourth-order valence-electron chi connectivity index (χ4n) is 1.19. The molecule has 90 valence electrons. The molecular weight excluding hydrogens is 254 g/mol. The number of amides is 1. The van der Waals surface area contributed by atoms with Crippen LogP contribution in [0.3, 0.4) is 0 Å². The van der Waals surface area contributed by atoms with Gasteiger partial charge in [0.05, 0.1) is 4.88 Å². The molecule has 0 aliphatic rings. The maximum atomic E-state index is 11.7. The average Bonchev–Trinajstić information content (AvgIpc) is 2.97. The monoisotopic (exact) mass is 267 g/mol. The molecule has 0 saturated heterocycles. The second-order valence-electron chi connectivity index (χ2n) is 3.69. The fourth-order valence-corrected chi connectivity index (χ4v) is 2.73. The summed E-state index contributed by atoms with van der Waals surface area (Å²) in [5.74, 6) is 0.00506. The predicted molar refractivity (Wildman–Crippen MR) is 71.3 cm³/mol. The molecule has 0 aliphatic carbocycles. The van der Waals surface area contributed by atoms with Crippen LogP contribution in [0, 0.1) is 5.92 Å². The van der Waals surface area contributed by atoms with E-state index in [4.69, 9.17) is 0 Å². The Hall–Kier alpha value is -1.27. The van der Waals surface area contributed by atoms with Crippen molar-refractivity contribution in [1.29, 1.82) is 0 Å². The zero-order chi connectivity index (χ0) is 12.3. The number of anilines is 1. The lowest BCUT2D eigenvalue weighted by Gasteiger charge is -2.05. The number of thiophene rings is 1. The van der Waals surface area contributed by atoms with Gasteiger partial charge in [-0.05, 0) is 17.9 Å². The lowest BCUT2D eigenvalue weighted by atomic mass is 10.1. The molecule has 0 spiro atoms. The van der Waals surface area contributed by atoms with Crippen LogP contribution in [-0.2, 0) is 4.79 Å². The van der Waals surface area contributed by atoms with E-state index in [-0.39, 0.29) is 11.8 Å². The molecule has 1 N–H and O–H groups in total. The summed E-state index contributed by atoms with van der Waals surface area (Å²) >= 11 is 3.02. The Kier molecular flexibility index (Phi) is 3.86. The first-order valence-electron chi connectivity index (χ1n) is 5.39. The first-order valence-corrected chi connectivity index (χ1v) is 7.08. The first-order chi connectivity index (χ1) is 8.20. The molecule has 0 unspecified atom stereocenters. The van der Waals surface area contributed by atoms with Crippen LogP contribution in [0.1, 0.15) is 20.3 Å². The largest absolute Gasteiger partial charge is 0.300 e. The van der Waals surface area contributed by atoms with Crippen molar-refractivity contribution in [3.63, 3.8) is 0 Å². The fraction of sp³-hybridized carbons (Fsp3) is 0.364. The van der Waals surface area contributed by atoms with Crippen LogP contribution in [0.5, 0.6) is 0 Å². The Morgan fingerprint density at radius 1 is 1.53 bits per heavy atom. The van der Waals surface area contributed by atoms with E-state index in [1.807, 2.05) is 31.4 Å². The number of carbonyl (C=O) groups is 1. The van der Waals surface area contributed by atoms with E-state index < -0.39 is 0 Å². The van der Waals surface area contributed by atoms with Crippen molar-refractivity contribution < 1.29 is 4.79 Å². The molecule has 6 heteroatoms. The highest BCUT2D eigenvalue weighted by atomic mass is 32.1. The van der Waals surface area contributed by atoms with Gasteiger partial charge >= 0.3 is 0 Å². The van der Waals surface area contributed by atoms with Gasteiger partial charge in [0.1, 0.15) is 0 Å². The van der Waals surface area contributed by atoms with Crippen molar-refractivity contribution >= 4 is 33.7 Å². The second kappa shape index (κ2) is 5.37. The topological polar surface area (TPSA) is 54.9 Å². The SMILES string of the molecule is CC[C@H](C)C(=O)Nc1nnc(-c2cccs2)s1. The summed E-state index contributed by atoms with van der Waals surface area (Å²) in [6.45, 7) is 3.89. The van der Waals surface area contributed by atoms with Gasteiger partial charge in [-0.15, -0.1) is 21.5 Å². The number of rotatable bonds is 4. The van der Waals surface area contributed by atoms with E-state index in [1.54, 1.807) is 11.3 Å². The van der Waals surface area contributed by atoms with Crippen molar-refractivity contribution in [2.75, 3.05) is 5.32 Å². The van der Waals surface area contributed by atoms with Crippen molar-refractivity contribution in [3.05, 3.63) is 17.5 Å². The Morgan fingerprint density at radius 3 is 3.00 bits per heavy atom. The third-order valence-corrected chi connectivity index (χ3v) is 4.32. The summed E-state index contributed by atoms with van der Waals surface area (Å²) in [5, 5.41) is 14.2. The number of nitrogens with one attached hydrogen (secondary N) is 1. The van der Waals surface area contributed by atoms with E-state index >= 15 is 0 Å². The molecule has 2 rings (SSSR count). The lowest BCUT2D eigenvalue weighted by molar-refractivity contribution is -0.119. The van der Waals surface area contributed by atoms with Crippen LogP contribution >= 0.6 is 22.7 Å². The number of nitrogens with zero attached hydrogens (tertiary/aromatic N) is 2. The van der Waals surface area contributed by atoms with Gasteiger partial charge in [-0.2, -0.15) is 0 Å². The summed E-state index contributed by atoms with van der Waals surface area (Å²) in [6.07, 6.45) is 0.822. The van der Waals surface area contributed by atoms with Gasteiger partial charge in [-0.3, -0.25) is 4.79 Å². The minimum atomic E-state index is 0.00128. The molecule has 0 radical (unpaired) electrons.